The first kappa shape index (κ1) is 9.85. The number of pyridine rings is 1. The molecule has 0 saturated carbocycles. The quantitative estimate of drug-likeness (QED) is 0.809. The molecule has 0 saturated heterocycles. The molecule has 5 nitrogen and oxygen atoms in total. The van der Waals surface area contributed by atoms with Crippen molar-refractivity contribution >= 4 is 16.5 Å². The van der Waals surface area contributed by atoms with Gasteiger partial charge in [-0.1, -0.05) is 10.6 Å². The summed E-state index contributed by atoms with van der Waals surface area (Å²) in [6.45, 7) is 2.16. The highest BCUT2D eigenvalue weighted by Gasteiger charge is 2.06. The summed E-state index contributed by atoms with van der Waals surface area (Å²) in [5, 5.41) is 4.42. The Morgan fingerprint density at radius 3 is 3.07 bits per heavy atom. The SMILES string of the molecule is Cc1cccn(Cc2nnsc2N)c1=O. The number of nitrogens with zero attached hydrogens (tertiary/aromatic N) is 3. The fourth-order valence-electron chi connectivity index (χ4n) is 1.27. The molecule has 2 aromatic rings. The molecule has 2 heterocycles. The second-order valence-corrected chi connectivity index (χ2v) is 3.99. The van der Waals surface area contributed by atoms with Crippen LogP contribution < -0.4 is 11.3 Å². The summed E-state index contributed by atoms with van der Waals surface area (Å²) in [4.78, 5) is 11.7. The second-order valence-electron chi connectivity index (χ2n) is 3.21. The van der Waals surface area contributed by atoms with Crippen molar-refractivity contribution in [2.75, 3.05) is 5.73 Å². The van der Waals surface area contributed by atoms with Crippen LogP contribution in [-0.2, 0) is 6.54 Å². The van der Waals surface area contributed by atoms with Crippen molar-refractivity contribution in [3.05, 3.63) is 39.9 Å². The Kier molecular flexibility index (Phi) is 2.51. The first-order chi connectivity index (χ1) is 7.18. The minimum absolute atomic E-state index is 0.0232. The molecule has 0 amide bonds. The summed E-state index contributed by atoms with van der Waals surface area (Å²) in [7, 11) is 0. The number of rotatable bonds is 2. The number of aromatic nitrogens is 3. The highest BCUT2D eigenvalue weighted by atomic mass is 32.1. The van der Waals surface area contributed by atoms with E-state index < -0.39 is 0 Å². The third-order valence-electron chi connectivity index (χ3n) is 2.12. The van der Waals surface area contributed by atoms with Crippen molar-refractivity contribution in [2.45, 2.75) is 13.5 Å². The molecule has 0 spiro atoms. The number of hydrogen-bond donors (Lipinski definition) is 1. The van der Waals surface area contributed by atoms with Crippen molar-refractivity contribution in [1.29, 1.82) is 0 Å². The van der Waals surface area contributed by atoms with Gasteiger partial charge in [-0.3, -0.25) is 4.79 Å². The van der Waals surface area contributed by atoms with E-state index in [1.54, 1.807) is 23.8 Å². The van der Waals surface area contributed by atoms with Crippen LogP contribution in [0.15, 0.2) is 23.1 Å². The Bertz CT molecular complexity index is 531. The highest BCUT2D eigenvalue weighted by Crippen LogP contribution is 2.12. The van der Waals surface area contributed by atoms with Gasteiger partial charge >= 0.3 is 0 Å². The maximum atomic E-state index is 11.7. The third kappa shape index (κ3) is 1.89. The maximum absolute atomic E-state index is 11.7. The van der Waals surface area contributed by atoms with E-state index in [0.29, 0.717) is 22.8 Å². The summed E-state index contributed by atoms with van der Waals surface area (Å²) in [6.07, 6.45) is 1.72. The van der Waals surface area contributed by atoms with Crippen molar-refractivity contribution in [3.8, 4) is 0 Å². The van der Waals surface area contributed by atoms with Crippen LogP contribution in [0, 0.1) is 6.92 Å². The molecule has 2 rings (SSSR count). The lowest BCUT2D eigenvalue weighted by Gasteiger charge is -2.03. The highest BCUT2D eigenvalue weighted by molar-refractivity contribution is 7.09. The van der Waals surface area contributed by atoms with E-state index >= 15 is 0 Å². The molecule has 0 atom stereocenters. The summed E-state index contributed by atoms with van der Waals surface area (Å²) >= 11 is 1.13. The van der Waals surface area contributed by atoms with Crippen molar-refractivity contribution < 1.29 is 0 Å². The standard InChI is InChI=1S/C9H10N4OS/c1-6-3-2-4-13(9(6)14)5-7-8(10)15-12-11-7/h2-4H,5,10H2,1H3. The average Bonchev–Trinajstić information content (AvgIpc) is 2.60. The van der Waals surface area contributed by atoms with Gasteiger partial charge in [0.05, 0.1) is 6.54 Å². The topological polar surface area (TPSA) is 73.8 Å². The molecule has 0 aliphatic carbocycles. The van der Waals surface area contributed by atoms with Gasteiger partial charge in [0.25, 0.3) is 5.56 Å². The van der Waals surface area contributed by atoms with Crippen LogP contribution in [0.3, 0.4) is 0 Å². The van der Waals surface area contributed by atoms with Gasteiger partial charge in [-0.2, -0.15) is 0 Å². The van der Waals surface area contributed by atoms with Gasteiger partial charge in [-0.25, -0.2) is 0 Å². The van der Waals surface area contributed by atoms with Gasteiger partial charge in [0.15, 0.2) is 0 Å². The van der Waals surface area contributed by atoms with E-state index in [1.165, 1.54) is 0 Å². The smallest absolute Gasteiger partial charge is 0.253 e. The fourth-order valence-corrected chi connectivity index (χ4v) is 1.71. The van der Waals surface area contributed by atoms with Crippen LogP contribution in [0.4, 0.5) is 5.00 Å². The number of aryl methyl sites for hydroxylation is 1. The predicted molar refractivity (Wildman–Crippen MR) is 58.9 cm³/mol. The van der Waals surface area contributed by atoms with E-state index in [4.69, 9.17) is 5.73 Å². The predicted octanol–water partition coefficient (Wildman–Crippen LogP) is 0.639. The molecular weight excluding hydrogens is 212 g/mol. The Morgan fingerprint density at radius 1 is 1.60 bits per heavy atom. The van der Waals surface area contributed by atoms with Gasteiger partial charge in [0, 0.05) is 23.3 Å². The van der Waals surface area contributed by atoms with Gasteiger partial charge in [0.2, 0.25) is 0 Å². The van der Waals surface area contributed by atoms with E-state index in [0.717, 1.165) is 11.5 Å². The molecular formula is C9H10N4OS. The minimum Gasteiger partial charge on any atom is -0.388 e. The zero-order chi connectivity index (χ0) is 10.8. The molecule has 0 aromatic carbocycles. The van der Waals surface area contributed by atoms with Crippen LogP contribution in [0.1, 0.15) is 11.3 Å². The van der Waals surface area contributed by atoms with Crippen LogP contribution in [0.5, 0.6) is 0 Å². The number of anilines is 1. The Balaban J connectivity index is 2.37. The van der Waals surface area contributed by atoms with Crippen LogP contribution in [-0.4, -0.2) is 14.2 Å². The summed E-state index contributed by atoms with van der Waals surface area (Å²) < 4.78 is 5.29. The fraction of sp³-hybridized carbons (Fsp3) is 0.222. The van der Waals surface area contributed by atoms with Gasteiger partial charge in [0.1, 0.15) is 10.7 Å². The van der Waals surface area contributed by atoms with Crippen LogP contribution in [0.25, 0.3) is 0 Å². The third-order valence-corrected chi connectivity index (χ3v) is 2.71. The van der Waals surface area contributed by atoms with Crippen molar-refractivity contribution in [2.24, 2.45) is 0 Å². The van der Waals surface area contributed by atoms with Gasteiger partial charge in [-0.15, -0.1) is 5.10 Å². The first-order valence-electron chi connectivity index (χ1n) is 4.41. The average molecular weight is 222 g/mol. The molecule has 6 heteroatoms. The van der Waals surface area contributed by atoms with E-state index in [1.807, 2.05) is 6.07 Å². The van der Waals surface area contributed by atoms with Gasteiger partial charge in [-0.05, 0) is 13.0 Å². The summed E-state index contributed by atoms with van der Waals surface area (Å²) in [5.74, 6) is 0. The molecule has 15 heavy (non-hydrogen) atoms. The summed E-state index contributed by atoms with van der Waals surface area (Å²) in [6, 6.07) is 3.61. The molecule has 2 N–H and O–H groups in total. The van der Waals surface area contributed by atoms with Gasteiger partial charge < -0.3 is 10.3 Å². The zero-order valence-corrected chi connectivity index (χ0v) is 8.99. The number of hydrogen-bond acceptors (Lipinski definition) is 5. The second kappa shape index (κ2) is 3.82. The van der Waals surface area contributed by atoms with E-state index in [9.17, 15) is 4.79 Å². The zero-order valence-electron chi connectivity index (χ0n) is 8.17. The summed E-state index contributed by atoms with van der Waals surface area (Å²) in [5.41, 5.74) is 6.99. The maximum Gasteiger partial charge on any atom is 0.253 e. The minimum atomic E-state index is -0.0232. The Morgan fingerprint density at radius 2 is 2.40 bits per heavy atom. The largest absolute Gasteiger partial charge is 0.388 e. The normalized spacial score (nSPS) is 10.5. The molecule has 0 aliphatic rings. The van der Waals surface area contributed by atoms with Crippen LogP contribution >= 0.6 is 11.5 Å². The number of nitrogen functional groups attached to an aromatic ring is 1. The molecule has 2 aromatic heterocycles. The molecule has 0 bridgehead atoms. The molecule has 0 fully saturated rings. The first-order valence-corrected chi connectivity index (χ1v) is 5.18. The molecule has 0 aliphatic heterocycles. The molecule has 78 valence electrons. The lowest BCUT2D eigenvalue weighted by atomic mass is 10.3. The molecule has 0 radical (unpaired) electrons. The van der Waals surface area contributed by atoms with Crippen molar-refractivity contribution in [1.82, 2.24) is 14.2 Å². The Labute approximate surface area is 90.3 Å². The lowest BCUT2D eigenvalue weighted by molar-refractivity contribution is 0.731. The lowest BCUT2D eigenvalue weighted by Crippen LogP contribution is -2.22. The van der Waals surface area contributed by atoms with E-state index in [2.05, 4.69) is 9.59 Å². The Hall–Kier alpha value is -1.69. The van der Waals surface area contributed by atoms with Crippen molar-refractivity contribution in [3.63, 3.8) is 0 Å². The van der Waals surface area contributed by atoms with Crippen LogP contribution in [0.2, 0.25) is 0 Å². The van der Waals surface area contributed by atoms with E-state index in [-0.39, 0.29) is 5.56 Å². The molecule has 0 unspecified atom stereocenters. The monoisotopic (exact) mass is 222 g/mol. The number of nitrogens with two attached hydrogens (primary N) is 1.